The van der Waals surface area contributed by atoms with E-state index in [-0.39, 0.29) is 43.1 Å². The molecule has 12 nitrogen and oxygen atoms in total. The third-order valence-corrected chi connectivity index (χ3v) is 9.46. The van der Waals surface area contributed by atoms with E-state index in [0.717, 1.165) is 6.26 Å². The molecule has 0 amide bonds. The van der Waals surface area contributed by atoms with Gasteiger partial charge in [0.15, 0.2) is 23.5 Å². The number of aliphatic hydroxyl groups excluding tert-OH is 1. The van der Waals surface area contributed by atoms with E-state index >= 15 is 0 Å². The first-order valence-corrected chi connectivity index (χ1v) is 16.3. The number of aromatic nitrogens is 2. The van der Waals surface area contributed by atoms with Crippen LogP contribution in [0.25, 0.3) is 5.88 Å². The number of allylic oxidation sites excluding steroid dienone is 1. The summed E-state index contributed by atoms with van der Waals surface area (Å²) in [4.78, 5) is 45.8. The van der Waals surface area contributed by atoms with Crippen molar-refractivity contribution in [1.82, 2.24) is 9.55 Å². The lowest BCUT2D eigenvalue weighted by Crippen LogP contribution is -2.55. The number of nitrogens with two attached hydrogens (primary N) is 1. The zero-order chi connectivity index (χ0) is 34.4. The van der Waals surface area contributed by atoms with Crippen molar-refractivity contribution >= 4 is 23.4 Å². The van der Waals surface area contributed by atoms with Crippen LogP contribution < -0.4 is 5.73 Å². The fraction of sp³-hybridized carbons (Fsp3) is 0.706. The van der Waals surface area contributed by atoms with Gasteiger partial charge in [-0.3, -0.25) is 19.0 Å². The second-order valence-electron chi connectivity index (χ2n) is 13.1. The average molecular weight is 648 g/mol. The topological polar surface area (TPSA) is 161 Å². The van der Waals surface area contributed by atoms with Crippen molar-refractivity contribution < 1.29 is 43.2 Å². The summed E-state index contributed by atoms with van der Waals surface area (Å²) in [6, 6.07) is -0.142. The highest BCUT2D eigenvalue weighted by molar-refractivity contribution is 6.00. The van der Waals surface area contributed by atoms with Gasteiger partial charge < -0.3 is 34.5 Å². The molecule has 0 aliphatic carbocycles. The fourth-order valence-corrected chi connectivity index (χ4v) is 6.77. The van der Waals surface area contributed by atoms with Crippen LogP contribution in [0.4, 0.5) is 0 Å². The third kappa shape index (κ3) is 8.26. The molecule has 46 heavy (non-hydrogen) atoms. The number of nitrogens with zero attached hydrogens (tertiary/aromatic N) is 2. The first kappa shape index (κ1) is 37.4. The largest absolute Gasteiger partial charge is 0.510 e. The third-order valence-electron chi connectivity index (χ3n) is 9.46. The van der Waals surface area contributed by atoms with Gasteiger partial charge in [-0.15, -0.1) is 0 Å². The maximum absolute atomic E-state index is 14.0. The van der Waals surface area contributed by atoms with E-state index < -0.39 is 59.2 Å². The first-order valence-electron chi connectivity index (χ1n) is 16.3. The molecule has 0 aromatic carbocycles. The molecular weight excluding hydrogens is 594 g/mol. The van der Waals surface area contributed by atoms with Crippen LogP contribution in [0.5, 0.6) is 0 Å². The summed E-state index contributed by atoms with van der Waals surface area (Å²) in [5, 5.41) is 10.1. The molecule has 1 fully saturated rings. The number of methoxy groups -OCH3 is 1. The monoisotopic (exact) mass is 647 g/mol. The van der Waals surface area contributed by atoms with Crippen molar-refractivity contribution in [3.8, 4) is 0 Å². The molecule has 2 aliphatic rings. The molecule has 0 saturated carbocycles. The smallest absolute Gasteiger partial charge is 0.316 e. The van der Waals surface area contributed by atoms with Gasteiger partial charge in [0.05, 0.1) is 17.8 Å². The van der Waals surface area contributed by atoms with Gasteiger partial charge in [0.2, 0.25) is 5.88 Å². The number of Topliss-reactive ketones (excluding diaryl/α,β-unsaturated/α-hetero) is 2. The minimum Gasteiger partial charge on any atom is -0.510 e. The highest BCUT2D eigenvalue weighted by Crippen LogP contribution is 2.38. The molecule has 258 valence electrons. The standard InChI is InChI=1S/C34H53N3O9/c1-10-26-34(11-2,46-27(18-38)37-13-12-36-19-37)17-21(4)29(39)20(3)16-33(8,42-9)31(23(6)30(40)24(7)32(41)44-26)45-28-15-25(35)14-22(5)43-28/h12-13,17-20,22-26,28,31,38H,10-11,14-16,35H2,1-9H3/b21-17+,27-18+/t20-,22-,23+,24-,25+,26-,28+,31-,33+,34+/m1/s1. The predicted octanol–water partition coefficient (Wildman–Crippen LogP) is 4.72. The molecule has 12 heteroatoms. The predicted molar refractivity (Wildman–Crippen MR) is 171 cm³/mol. The summed E-state index contributed by atoms with van der Waals surface area (Å²) >= 11 is 0. The zero-order valence-electron chi connectivity index (χ0n) is 28.7. The minimum atomic E-state index is -1.38. The summed E-state index contributed by atoms with van der Waals surface area (Å²) in [7, 11) is 1.52. The molecule has 0 unspecified atom stereocenters. The highest BCUT2D eigenvalue weighted by atomic mass is 16.7. The van der Waals surface area contributed by atoms with Crippen LogP contribution in [0.2, 0.25) is 0 Å². The molecule has 3 heterocycles. The number of cyclic esters (lactones) is 1. The van der Waals surface area contributed by atoms with Crippen molar-refractivity contribution in [3.05, 3.63) is 36.6 Å². The van der Waals surface area contributed by atoms with Gasteiger partial charge in [-0.2, -0.15) is 0 Å². The maximum atomic E-state index is 14.0. The Morgan fingerprint density at radius 1 is 1.20 bits per heavy atom. The first-order chi connectivity index (χ1) is 21.6. The Kier molecular flexibility index (Phi) is 12.8. The maximum Gasteiger partial charge on any atom is 0.316 e. The fourth-order valence-electron chi connectivity index (χ4n) is 6.77. The summed E-state index contributed by atoms with van der Waals surface area (Å²) in [5.74, 6) is -3.88. The summed E-state index contributed by atoms with van der Waals surface area (Å²) in [6.45, 7) is 14.1. The van der Waals surface area contributed by atoms with Crippen molar-refractivity contribution in [2.75, 3.05) is 7.11 Å². The van der Waals surface area contributed by atoms with E-state index in [4.69, 9.17) is 29.4 Å². The lowest BCUT2D eigenvalue weighted by Gasteiger charge is -2.44. The van der Waals surface area contributed by atoms with Crippen LogP contribution in [0.3, 0.4) is 0 Å². The number of aliphatic hydroxyl groups is 1. The number of imidazole rings is 1. The molecule has 1 saturated heterocycles. The minimum absolute atomic E-state index is 0.0168. The van der Waals surface area contributed by atoms with Gasteiger partial charge in [-0.25, -0.2) is 4.98 Å². The normalized spacial score (nSPS) is 38.4. The number of esters is 1. The second-order valence-corrected chi connectivity index (χ2v) is 13.1. The van der Waals surface area contributed by atoms with Gasteiger partial charge in [0.1, 0.15) is 24.6 Å². The lowest BCUT2D eigenvalue weighted by molar-refractivity contribution is -0.258. The molecule has 3 rings (SSSR count). The van der Waals surface area contributed by atoms with E-state index in [0.29, 0.717) is 18.4 Å². The number of hydrogen-bond acceptors (Lipinski definition) is 11. The van der Waals surface area contributed by atoms with E-state index in [1.807, 2.05) is 20.8 Å². The van der Waals surface area contributed by atoms with Crippen LogP contribution in [0, 0.1) is 17.8 Å². The van der Waals surface area contributed by atoms with E-state index in [2.05, 4.69) is 4.98 Å². The average Bonchev–Trinajstić information content (AvgIpc) is 3.56. The van der Waals surface area contributed by atoms with E-state index in [9.17, 15) is 19.5 Å². The second kappa shape index (κ2) is 15.7. The van der Waals surface area contributed by atoms with Crippen LogP contribution in [0.15, 0.2) is 36.6 Å². The highest BCUT2D eigenvalue weighted by Gasteiger charge is 2.49. The van der Waals surface area contributed by atoms with Crippen LogP contribution in [-0.2, 0) is 38.1 Å². The molecule has 1 aromatic heterocycles. The van der Waals surface area contributed by atoms with Crippen molar-refractivity contribution in [3.63, 3.8) is 0 Å². The number of rotatable bonds is 8. The van der Waals surface area contributed by atoms with Gasteiger partial charge in [-0.05, 0) is 65.0 Å². The van der Waals surface area contributed by atoms with E-state index in [1.54, 1.807) is 40.0 Å². The number of carbonyl (C=O) groups excluding carboxylic acids is 3. The molecule has 3 N–H and O–H groups in total. The van der Waals surface area contributed by atoms with Gasteiger partial charge in [0.25, 0.3) is 0 Å². The van der Waals surface area contributed by atoms with Gasteiger partial charge in [0, 0.05) is 43.8 Å². The van der Waals surface area contributed by atoms with Crippen molar-refractivity contribution in [2.45, 2.75) is 129 Å². The summed E-state index contributed by atoms with van der Waals surface area (Å²) in [5.41, 5.74) is 4.14. The molecule has 0 radical (unpaired) electrons. The Morgan fingerprint density at radius 2 is 1.89 bits per heavy atom. The zero-order valence-corrected chi connectivity index (χ0v) is 28.7. The quantitative estimate of drug-likeness (QED) is 0.228. The molecular formula is C34H53N3O9. The molecule has 1 aromatic rings. The number of ketones is 2. The Morgan fingerprint density at radius 3 is 2.43 bits per heavy atom. The number of hydrogen-bond donors (Lipinski definition) is 2. The molecule has 2 aliphatic heterocycles. The number of carbonyl (C=O) groups is 3. The SMILES string of the molecule is CC[C@H]1OC(=O)[C@H](C)C(=O)[C@H](C)[C@@H](O[C@H]2C[C@@H](N)C[C@@H](C)O2)[C@@](C)(OC)C[C@@H](C)C(=O)/C(C)=C/[C@]1(CC)O/C(=C/O)n1ccnc1. The van der Waals surface area contributed by atoms with Crippen molar-refractivity contribution in [1.29, 1.82) is 0 Å². The Bertz CT molecular complexity index is 1250. The Labute approximate surface area is 272 Å². The van der Waals surface area contributed by atoms with Crippen molar-refractivity contribution in [2.24, 2.45) is 23.5 Å². The van der Waals surface area contributed by atoms with Gasteiger partial charge in [-0.1, -0.05) is 27.7 Å². The Balaban J connectivity index is 2.14. The van der Waals surface area contributed by atoms with Crippen LogP contribution >= 0.6 is 0 Å². The van der Waals surface area contributed by atoms with Gasteiger partial charge >= 0.3 is 5.97 Å². The Hall–Kier alpha value is -3.06. The molecule has 0 bridgehead atoms. The van der Waals surface area contributed by atoms with Crippen LogP contribution in [-0.4, -0.2) is 81.1 Å². The molecule has 0 spiro atoms. The summed E-state index contributed by atoms with van der Waals surface area (Å²) < 4.78 is 32.6. The number of ether oxygens (including phenoxy) is 5. The van der Waals surface area contributed by atoms with E-state index in [1.165, 1.54) is 31.1 Å². The summed E-state index contributed by atoms with van der Waals surface area (Å²) in [6.07, 6.45) is 6.22. The lowest BCUT2D eigenvalue weighted by atomic mass is 9.76. The molecule has 10 atom stereocenters. The van der Waals surface area contributed by atoms with Crippen LogP contribution in [0.1, 0.15) is 87.5 Å².